The summed E-state index contributed by atoms with van der Waals surface area (Å²) >= 11 is 2.96. The van der Waals surface area contributed by atoms with Gasteiger partial charge in [-0.3, -0.25) is 14.2 Å². The van der Waals surface area contributed by atoms with Crippen LogP contribution in [-0.4, -0.2) is 15.4 Å². The van der Waals surface area contributed by atoms with E-state index in [1.165, 1.54) is 28.3 Å². The van der Waals surface area contributed by atoms with Crippen LogP contribution in [0.15, 0.2) is 75.5 Å². The van der Waals surface area contributed by atoms with Gasteiger partial charge in [0, 0.05) is 22.8 Å². The van der Waals surface area contributed by atoms with Crippen molar-refractivity contribution in [3.05, 3.63) is 97.1 Å². The number of primary amides is 1. The Balaban J connectivity index is 1.58. The lowest BCUT2D eigenvalue weighted by Gasteiger charge is -2.28. The predicted molar refractivity (Wildman–Crippen MR) is 125 cm³/mol. The first-order valence-corrected chi connectivity index (χ1v) is 11.6. The summed E-state index contributed by atoms with van der Waals surface area (Å²) in [4.78, 5) is 28.6. The molecule has 0 aliphatic carbocycles. The minimum Gasteiger partial charge on any atom is -0.489 e. The predicted octanol–water partition coefficient (Wildman–Crippen LogP) is 4.22. The van der Waals surface area contributed by atoms with Crippen molar-refractivity contribution in [3.8, 4) is 5.75 Å². The number of carbonyl (C=O) groups excluding carboxylic acids is 1. The molecule has 8 heteroatoms. The number of thiophene rings is 1. The van der Waals surface area contributed by atoms with Gasteiger partial charge in [-0.2, -0.15) is 0 Å². The Hall–Kier alpha value is -2.97. The Kier molecular flexibility index (Phi) is 6.20. The topological polar surface area (TPSA) is 77.6 Å². The molecule has 1 atom stereocenters. The number of nitrogens with zero attached hydrogens (tertiary/aromatic N) is 2. The number of thioether (sulfide) groups is 1. The minimum absolute atomic E-state index is 0.200. The van der Waals surface area contributed by atoms with E-state index in [2.05, 4.69) is 17.9 Å². The van der Waals surface area contributed by atoms with Crippen molar-refractivity contribution < 1.29 is 9.53 Å². The number of rotatable bonds is 7. The zero-order chi connectivity index (χ0) is 22.0. The van der Waals surface area contributed by atoms with Crippen LogP contribution in [0.4, 0.5) is 0 Å². The molecule has 0 saturated carbocycles. The van der Waals surface area contributed by atoms with Crippen LogP contribution in [0.25, 0.3) is 0 Å². The number of hydrogen-bond donors (Lipinski definition) is 1. The molecule has 1 aromatic carbocycles. The van der Waals surface area contributed by atoms with Crippen molar-refractivity contribution in [2.75, 3.05) is 0 Å². The molecule has 3 aromatic rings. The maximum Gasteiger partial charge on any atom is 0.257 e. The van der Waals surface area contributed by atoms with E-state index in [1.807, 2.05) is 42.6 Å². The first-order chi connectivity index (χ1) is 14.9. The lowest BCUT2D eigenvalue weighted by Crippen LogP contribution is -2.32. The number of pyridine rings is 1. The number of hydrogen-bond acceptors (Lipinski definition) is 6. The molecule has 1 aliphatic heterocycles. The molecule has 4 rings (SSSR count). The van der Waals surface area contributed by atoms with E-state index < -0.39 is 5.91 Å². The zero-order valence-corrected chi connectivity index (χ0v) is 18.9. The molecule has 2 N–H and O–H groups in total. The van der Waals surface area contributed by atoms with Crippen LogP contribution in [-0.2, 0) is 17.9 Å². The summed E-state index contributed by atoms with van der Waals surface area (Å²) < 4.78 is 7.40. The van der Waals surface area contributed by atoms with Gasteiger partial charge < -0.3 is 15.4 Å². The molecular formula is C23H23N3O3S2. The third kappa shape index (κ3) is 4.55. The van der Waals surface area contributed by atoms with E-state index in [9.17, 15) is 9.59 Å². The van der Waals surface area contributed by atoms with Crippen LogP contribution >= 0.6 is 23.1 Å². The molecule has 160 valence electrons. The second-order valence-corrected chi connectivity index (χ2v) is 9.33. The summed E-state index contributed by atoms with van der Waals surface area (Å²) in [6.07, 6.45) is 1.71. The number of amides is 1. The SMILES string of the molecule is CC1=C(C(N)=O)SC(n2ccc(OCc3ccccc3)cc2=O)N1Cc1sccc1C. The number of aromatic nitrogens is 1. The van der Waals surface area contributed by atoms with Gasteiger partial charge in [0.15, 0.2) is 5.50 Å². The normalized spacial score (nSPS) is 16.1. The Morgan fingerprint density at radius 3 is 2.58 bits per heavy atom. The van der Waals surface area contributed by atoms with Gasteiger partial charge in [0.05, 0.1) is 11.4 Å². The fourth-order valence-electron chi connectivity index (χ4n) is 3.40. The first kappa shape index (κ1) is 21.3. The Morgan fingerprint density at radius 2 is 1.94 bits per heavy atom. The highest BCUT2D eigenvalue weighted by Crippen LogP contribution is 2.45. The molecule has 31 heavy (non-hydrogen) atoms. The van der Waals surface area contributed by atoms with Crippen molar-refractivity contribution in [3.63, 3.8) is 0 Å². The molecule has 0 bridgehead atoms. The molecule has 6 nitrogen and oxygen atoms in total. The second-order valence-electron chi connectivity index (χ2n) is 7.26. The third-order valence-electron chi connectivity index (χ3n) is 5.16. The van der Waals surface area contributed by atoms with E-state index in [1.54, 1.807) is 28.2 Å². The molecule has 2 aromatic heterocycles. The van der Waals surface area contributed by atoms with E-state index >= 15 is 0 Å². The second kappa shape index (κ2) is 9.03. The molecule has 1 amide bonds. The van der Waals surface area contributed by atoms with Gasteiger partial charge >= 0.3 is 0 Å². The van der Waals surface area contributed by atoms with E-state index in [0.29, 0.717) is 23.8 Å². The summed E-state index contributed by atoms with van der Waals surface area (Å²) in [7, 11) is 0. The van der Waals surface area contributed by atoms with Crippen LogP contribution in [0.5, 0.6) is 5.75 Å². The van der Waals surface area contributed by atoms with Gasteiger partial charge in [-0.05, 0) is 42.5 Å². The minimum atomic E-state index is -0.478. The van der Waals surface area contributed by atoms with Gasteiger partial charge in [0.1, 0.15) is 12.4 Å². The van der Waals surface area contributed by atoms with Crippen molar-refractivity contribution in [1.82, 2.24) is 9.47 Å². The van der Waals surface area contributed by atoms with Crippen molar-refractivity contribution in [2.24, 2.45) is 5.73 Å². The van der Waals surface area contributed by atoms with Crippen LogP contribution in [0, 0.1) is 6.92 Å². The van der Waals surface area contributed by atoms with Crippen LogP contribution in [0.2, 0.25) is 0 Å². The molecule has 0 spiro atoms. The summed E-state index contributed by atoms with van der Waals surface area (Å²) in [5.41, 5.74) is 8.01. The van der Waals surface area contributed by atoms with Gasteiger partial charge in [0.25, 0.3) is 11.5 Å². The average molecular weight is 454 g/mol. The highest BCUT2D eigenvalue weighted by Gasteiger charge is 2.34. The molecule has 1 unspecified atom stereocenters. The number of aryl methyl sites for hydroxylation is 1. The number of benzene rings is 1. The molecule has 0 saturated heterocycles. The highest BCUT2D eigenvalue weighted by atomic mass is 32.2. The maximum absolute atomic E-state index is 12.9. The van der Waals surface area contributed by atoms with E-state index in [0.717, 1.165) is 11.3 Å². The molecule has 0 radical (unpaired) electrons. The zero-order valence-electron chi connectivity index (χ0n) is 17.3. The third-order valence-corrected chi connectivity index (χ3v) is 7.59. The number of ether oxygens (including phenoxy) is 1. The monoisotopic (exact) mass is 453 g/mol. The lowest BCUT2D eigenvalue weighted by atomic mass is 10.2. The maximum atomic E-state index is 12.9. The van der Waals surface area contributed by atoms with E-state index in [4.69, 9.17) is 10.5 Å². The van der Waals surface area contributed by atoms with Crippen LogP contribution in [0.1, 0.15) is 28.4 Å². The summed E-state index contributed by atoms with van der Waals surface area (Å²) in [6, 6.07) is 15.1. The Morgan fingerprint density at radius 1 is 1.16 bits per heavy atom. The van der Waals surface area contributed by atoms with E-state index in [-0.39, 0.29) is 11.1 Å². The van der Waals surface area contributed by atoms with Gasteiger partial charge in [-0.15, -0.1) is 11.3 Å². The van der Waals surface area contributed by atoms with Crippen molar-refractivity contribution in [1.29, 1.82) is 0 Å². The summed E-state index contributed by atoms with van der Waals surface area (Å²) in [5, 5.41) is 2.04. The average Bonchev–Trinajstić information content (AvgIpc) is 3.31. The standard InChI is InChI=1S/C23H23N3O3S2/c1-15-9-11-30-19(15)13-26-16(2)21(22(24)28)31-23(26)25-10-8-18(12-20(25)27)29-14-17-6-4-3-5-7-17/h3-12,23H,13-14H2,1-2H3,(H2,24,28). The highest BCUT2D eigenvalue weighted by molar-refractivity contribution is 8.04. The molecular weight excluding hydrogens is 430 g/mol. The fraction of sp³-hybridized carbons (Fsp3) is 0.217. The van der Waals surface area contributed by atoms with Crippen molar-refractivity contribution >= 4 is 29.0 Å². The van der Waals surface area contributed by atoms with Gasteiger partial charge in [0.2, 0.25) is 0 Å². The molecule has 0 fully saturated rings. The number of allylic oxidation sites excluding steroid dienone is 1. The van der Waals surface area contributed by atoms with Gasteiger partial charge in [-0.1, -0.05) is 42.1 Å². The number of carbonyl (C=O) groups is 1. The van der Waals surface area contributed by atoms with Crippen LogP contribution in [0.3, 0.4) is 0 Å². The molecule has 1 aliphatic rings. The first-order valence-electron chi connectivity index (χ1n) is 9.80. The summed E-state index contributed by atoms with van der Waals surface area (Å²) in [6.45, 7) is 4.92. The number of nitrogens with two attached hydrogens (primary N) is 1. The molecule has 3 heterocycles. The van der Waals surface area contributed by atoms with Crippen molar-refractivity contribution in [2.45, 2.75) is 32.5 Å². The Labute approximate surface area is 188 Å². The Bertz CT molecular complexity index is 1180. The lowest BCUT2D eigenvalue weighted by molar-refractivity contribution is -0.114. The smallest absolute Gasteiger partial charge is 0.257 e. The van der Waals surface area contributed by atoms with Crippen LogP contribution < -0.4 is 16.0 Å². The largest absolute Gasteiger partial charge is 0.489 e. The van der Waals surface area contributed by atoms with Gasteiger partial charge in [-0.25, -0.2) is 0 Å². The summed E-state index contributed by atoms with van der Waals surface area (Å²) in [5.74, 6) is 0.0299. The quantitative estimate of drug-likeness (QED) is 0.580. The fourth-order valence-corrected chi connectivity index (χ4v) is 5.56.